The number of nitrogens with zero attached hydrogens (tertiary/aromatic N) is 2. The number of aryl methyl sites for hydroxylation is 1. The number of carbonyl (C=O) groups is 3. The van der Waals surface area contributed by atoms with Crippen LogP contribution >= 0.6 is 0 Å². The number of hydrogen-bond donors (Lipinski definition) is 2. The Hall–Kier alpha value is -3.19. The molecule has 2 aromatic carbocycles. The largest absolute Gasteiger partial charge is 0.347 e. The first-order chi connectivity index (χ1) is 14.5. The summed E-state index contributed by atoms with van der Waals surface area (Å²) in [7, 11) is 0. The lowest BCUT2D eigenvalue weighted by atomic mass is 10.1. The predicted molar refractivity (Wildman–Crippen MR) is 115 cm³/mol. The van der Waals surface area contributed by atoms with Crippen molar-refractivity contribution in [2.45, 2.75) is 13.5 Å². The summed E-state index contributed by atoms with van der Waals surface area (Å²) in [5, 5.41) is 5.27. The van der Waals surface area contributed by atoms with Crippen molar-refractivity contribution in [3.8, 4) is 0 Å². The molecule has 0 spiro atoms. The minimum absolute atomic E-state index is 0.0537. The second-order valence-corrected chi connectivity index (χ2v) is 7.42. The van der Waals surface area contributed by atoms with Crippen LogP contribution in [0.1, 0.15) is 21.5 Å². The molecule has 1 aliphatic rings. The number of hydrogen-bond acceptors (Lipinski definition) is 4. The molecule has 0 radical (unpaired) electrons. The number of nitrogens with one attached hydrogen (secondary N) is 2. The summed E-state index contributed by atoms with van der Waals surface area (Å²) in [6.07, 6.45) is 0. The van der Waals surface area contributed by atoms with Gasteiger partial charge in [-0.25, -0.2) is 0 Å². The maximum absolute atomic E-state index is 12.6. The summed E-state index contributed by atoms with van der Waals surface area (Å²) in [6, 6.07) is 17.1. The molecule has 1 fully saturated rings. The molecule has 7 heteroatoms. The molecule has 1 saturated heterocycles. The van der Waals surface area contributed by atoms with E-state index in [0.717, 1.165) is 24.2 Å². The zero-order valence-electron chi connectivity index (χ0n) is 17.3. The third-order valence-electron chi connectivity index (χ3n) is 5.17. The molecule has 0 bridgehead atoms. The highest BCUT2D eigenvalue weighted by atomic mass is 16.2. The lowest BCUT2D eigenvalue weighted by Gasteiger charge is -2.34. The van der Waals surface area contributed by atoms with Crippen molar-refractivity contribution in [3.05, 3.63) is 71.3 Å². The van der Waals surface area contributed by atoms with Crippen molar-refractivity contribution in [1.82, 2.24) is 20.4 Å². The molecule has 3 rings (SSSR count). The molecule has 1 heterocycles. The van der Waals surface area contributed by atoms with Crippen LogP contribution in [-0.4, -0.2) is 66.8 Å². The van der Waals surface area contributed by atoms with Gasteiger partial charge in [-0.1, -0.05) is 48.0 Å². The highest BCUT2D eigenvalue weighted by molar-refractivity contribution is 6.35. The second kappa shape index (κ2) is 10.5. The molecular formula is C23H28N4O3. The van der Waals surface area contributed by atoms with Crippen molar-refractivity contribution in [2.75, 3.05) is 39.3 Å². The normalized spacial score (nSPS) is 14.2. The van der Waals surface area contributed by atoms with E-state index in [1.807, 2.05) is 66.4 Å². The first-order valence-corrected chi connectivity index (χ1v) is 10.2. The van der Waals surface area contributed by atoms with Gasteiger partial charge in [-0.2, -0.15) is 0 Å². The quantitative estimate of drug-likeness (QED) is 0.704. The number of rotatable bonds is 6. The van der Waals surface area contributed by atoms with Gasteiger partial charge in [0.15, 0.2) is 0 Å². The average Bonchev–Trinajstić information content (AvgIpc) is 2.78. The van der Waals surface area contributed by atoms with E-state index in [-0.39, 0.29) is 5.91 Å². The van der Waals surface area contributed by atoms with E-state index in [0.29, 0.717) is 38.3 Å². The molecule has 7 nitrogen and oxygen atoms in total. The summed E-state index contributed by atoms with van der Waals surface area (Å²) < 4.78 is 0. The molecular weight excluding hydrogens is 380 g/mol. The van der Waals surface area contributed by atoms with E-state index < -0.39 is 11.8 Å². The highest BCUT2D eigenvalue weighted by Crippen LogP contribution is 2.10. The topological polar surface area (TPSA) is 81.8 Å². The Morgan fingerprint density at radius 1 is 0.833 bits per heavy atom. The van der Waals surface area contributed by atoms with Crippen LogP contribution in [0.3, 0.4) is 0 Å². The third-order valence-corrected chi connectivity index (χ3v) is 5.17. The van der Waals surface area contributed by atoms with Gasteiger partial charge in [0.2, 0.25) is 0 Å². The Morgan fingerprint density at radius 2 is 1.47 bits per heavy atom. The van der Waals surface area contributed by atoms with Crippen LogP contribution in [0.5, 0.6) is 0 Å². The molecule has 1 aliphatic heterocycles. The Morgan fingerprint density at radius 3 is 2.13 bits per heavy atom. The molecule has 0 aromatic heterocycles. The van der Waals surface area contributed by atoms with Gasteiger partial charge in [0.1, 0.15) is 0 Å². The van der Waals surface area contributed by atoms with Crippen molar-refractivity contribution in [2.24, 2.45) is 0 Å². The third kappa shape index (κ3) is 6.15. The van der Waals surface area contributed by atoms with Crippen LogP contribution in [0.25, 0.3) is 0 Å². The maximum Gasteiger partial charge on any atom is 0.309 e. The fourth-order valence-electron chi connectivity index (χ4n) is 3.32. The Balaban J connectivity index is 1.33. The SMILES string of the molecule is Cc1ccc(C(=O)N2CCN(CCNC(=O)C(=O)NCc3ccccc3)CC2)cc1. The maximum atomic E-state index is 12.6. The van der Waals surface area contributed by atoms with Gasteiger partial charge < -0.3 is 15.5 Å². The minimum Gasteiger partial charge on any atom is -0.347 e. The molecule has 2 aromatic rings. The van der Waals surface area contributed by atoms with E-state index in [2.05, 4.69) is 15.5 Å². The first kappa shape index (κ1) is 21.5. The van der Waals surface area contributed by atoms with Gasteiger partial charge in [-0.3, -0.25) is 19.3 Å². The molecule has 0 atom stereocenters. The van der Waals surface area contributed by atoms with Crippen molar-refractivity contribution in [3.63, 3.8) is 0 Å². The predicted octanol–water partition coefficient (Wildman–Crippen LogP) is 1.19. The van der Waals surface area contributed by atoms with Crippen LogP contribution in [0.4, 0.5) is 0 Å². The Kier molecular flexibility index (Phi) is 7.57. The molecule has 158 valence electrons. The molecule has 0 saturated carbocycles. The summed E-state index contributed by atoms with van der Waals surface area (Å²) >= 11 is 0. The standard InChI is InChI=1S/C23H28N4O3/c1-18-7-9-20(10-8-18)23(30)27-15-13-26(14-16-27)12-11-24-21(28)22(29)25-17-19-5-3-2-4-6-19/h2-10H,11-17H2,1H3,(H,24,28)(H,25,29). The number of carbonyl (C=O) groups excluding carboxylic acids is 3. The molecule has 3 amide bonds. The minimum atomic E-state index is -0.632. The van der Waals surface area contributed by atoms with Gasteiger partial charge in [0.05, 0.1) is 0 Å². The fourth-order valence-corrected chi connectivity index (χ4v) is 3.32. The summed E-state index contributed by atoms with van der Waals surface area (Å²) in [6.45, 7) is 6.15. The Labute approximate surface area is 177 Å². The monoisotopic (exact) mass is 408 g/mol. The van der Waals surface area contributed by atoms with Gasteiger partial charge in [0, 0.05) is 51.4 Å². The summed E-state index contributed by atoms with van der Waals surface area (Å²) in [5.74, 6) is -1.20. The van der Waals surface area contributed by atoms with Crippen LogP contribution in [0.2, 0.25) is 0 Å². The number of benzene rings is 2. The van der Waals surface area contributed by atoms with E-state index in [4.69, 9.17) is 0 Å². The molecule has 0 unspecified atom stereocenters. The van der Waals surface area contributed by atoms with E-state index in [9.17, 15) is 14.4 Å². The number of amides is 3. The lowest BCUT2D eigenvalue weighted by molar-refractivity contribution is -0.139. The fraction of sp³-hybridized carbons (Fsp3) is 0.348. The van der Waals surface area contributed by atoms with Crippen LogP contribution in [0, 0.1) is 6.92 Å². The van der Waals surface area contributed by atoms with E-state index >= 15 is 0 Å². The zero-order valence-corrected chi connectivity index (χ0v) is 17.3. The molecule has 30 heavy (non-hydrogen) atoms. The zero-order chi connectivity index (χ0) is 21.3. The van der Waals surface area contributed by atoms with Crippen LogP contribution in [0.15, 0.2) is 54.6 Å². The van der Waals surface area contributed by atoms with E-state index in [1.54, 1.807) is 0 Å². The van der Waals surface area contributed by atoms with Gasteiger partial charge in [-0.15, -0.1) is 0 Å². The van der Waals surface area contributed by atoms with Gasteiger partial charge in [0.25, 0.3) is 5.91 Å². The van der Waals surface area contributed by atoms with E-state index in [1.165, 1.54) is 0 Å². The van der Waals surface area contributed by atoms with Gasteiger partial charge >= 0.3 is 11.8 Å². The van der Waals surface area contributed by atoms with Crippen LogP contribution < -0.4 is 10.6 Å². The average molecular weight is 409 g/mol. The molecule has 0 aliphatic carbocycles. The van der Waals surface area contributed by atoms with Crippen molar-refractivity contribution in [1.29, 1.82) is 0 Å². The van der Waals surface area contributed by atoms with Crippen LogP contribution in [-0.2, 0) is 16.1 Å². The summed E-state index contributed by atoms with van der Waals surface area (Å²) in [5.41, 5.74) is 2.78. The first-order valence-electron chi connectivity index (χ1n) is 10.2. The van der Waals surface area contributed by atoms with Crippen molar-refractivity contribution >= 4 is 17.7 Å². The van der Waals surface area contributed by atoms with Crippen molar-refractivity contribution < 1.29 is 14.4 Å². The smallest absolute Gasteiger partial charge is 0.309 e. The highest BCUT2D eigenvalue weighted by Gasteiger charge is 2.22. The van der Waals surface area contributed by atoms with Gasteiger partial charge in [-0.05, 0) is 24.6 Å². The lowest BCUT2D eigenvalue weighted by Crippen LogP contribution is -2.50. The summed E-state index contributed by atoms with van der Waals surface area (Å²) in [4.78, 5) is 40.4. The Bertz CT molecular complexity index is 860. The second-order valence-electron chi connectivity index (χ2n) is 7.42. The molecule has 2 N–H and O–H groups in total. The number of piperazine rings is 1.